The van der Waals surface area contributed by atoms with Crippen LogP contribution in [0.5, 0.6) is 0 Å². The Morgan fingerprint density at radius 1 is 1.13 bits per heavy atom. The van der Waals surface area contributed by atoms with Gasteiger partial charge in [-0.2, -0.15) is 0 Å². The Kier molecular flexibility index (Phi) is 6.13. The highest BCUT2D eigenvalue weighted by Crippen LogP contribution is 2.26. The Morgan fingerprint density at radius 3 is 2.70 bits per heavy atom. The van der Waals surface area contributed by atoms with Gasteiger partial charge in [-0.1, -0.05) is 35.5 Å². The maximum atomic E-state index is 10.6. The fourth-order valence-electron chi connectivity index (χ4n) is 3.43. The maximum Gasteiger partial charge on any atom is 0.191 e. The number of hydrogen-bond acceptors (Lipinski definition) is 5. The summed E-state index contributed by atoms with van der Waals surface area (Å²) in [6.07, 6.45) is 1.26. The minimum absolute atomic E-state index is 0.480. The van der Waals surface area contributed by atoms with Crippen LogP contribution in [0.25, 0.3) is 22.4 Å². The van der Waals surface area contributed by atoms with E-state index < -0.39 is 6.10 Å². The number of nitrogens with zero attached hydrogens (tertiary/aromatic N) is 5. The molecule has 1 N–H and O–H groups in total. The number of halogens is 1. The van der Waals surface area contributed by atoms with Gasteiger partial charge in [-0.25, -0.2) is 4.98 Å². The summed E-state index contributed by atoms with van der Waals surface area (Å²) in [5.74, 6) is 1.29. The highest BCUT2D eigenvalue weighted by molar-refractivity contribution is 7.99. The summed E-state index contributed by atoms with van der Waals surface area (Å²) < 4.78 is 4.05. The van der Waals surface area contributed by atoms with Crippen LogP contribution in [0.3, 0.4) is 0 Å². The summed E-state index contributed by atoms with van der Waals surface area (Å²) in [7, 11) is 0. The predicted octanol–water partition coefficient (Wildman–Crippen LogP) is 4.74. The van der Waals surface area contributed by atoms with Crippen LogP contribution in [-0.2, 0) is 13.1 Å². The molecule has 2 heterocycles. The fourth-order valence-corrected chi connectivity index (χ4v) is 4.54. The Hall–Kier alpha value is -2.35. The normalized spacial score (nSPS) is 12.6. The molecule has 30 heavy (non-hydrogen) atoms. The standard InChI is InChI=1S/C22H24ClN5OS/c1-4-28-21(16-6-5-7-17(23)10-16)25-26-22(28)30-12-18(29)11-27-13-24-19-8-14(2)15(3)9-20(19)27/h5-10,13,18,29H,4,11-12H2,1-3H3. The molecule has 2 aromatic heterocycles. The lowest BCUT2D eigenvalue weighted by Crippen LogP contribution is -2.18. The number of rotatable bonds is 7. The zero-order valence-corrected chi connectivity index (χ0v) is 18.8. The van der Waals surface area contributed by atoms with Gasteiger partial charge >= 0.3 is 0 Å². The lowest BCUT2D eigenvalue weighted by atomic mass is 10.1. The minimum atomic E-state index is -0.536. The second-order valence-corrected chi connectivity index (χ2v) is 8.77. The summed E-state index contributed by atoms with van der Waals surface area (Å²) >= 11 is 7.63. The molecule has 6 nitrogen and oxygen atoms in total. The molecule has 4 rings (SSSR count). The largest absolute Gasteiger partial charge is 0.390 e. The van der Waals surface area contributed by atoms with Crippen molar-refractivity contribution in [2.24, 2.45) is 0 Å². The van der Waals surface area contributed by atoms with Gasteiger partial charge in [-0.05, 0) is 56.2 Å². The second-order valence-electron chi connectivity index (χ2n) is 7.35. The van der Waals surface area contributed by atoms with E-state index >= 15 is 0 Å². The van der Waals surface area contributed by atoms with Gasteiger partial charge in [0.2, 0.25) is 0 Å². The van der Waals surface area contributed by atoms with Gasteiger partial charge in [0.15, 0.2) is 11.0 Å². The molecule has 0 spiro atoms. The number of aromatic nitrogens is 5. The van der Waals surface area contributed by atoms with Gasteiger partial charge in [0.1, 0.15) is 0 Å². The Bertz CT molecular complexity index is 1190. The van der Waals surface area contributed by atoms with E-state index in [1.807, 2.05) is 33.4 Å². The van der Waals surface area contributed by atoms with Crippen LogP contribution in [0.4, 0.5) is 0 Å². The van der Waals surface area contributed by atoms with E-state index in [1.54, 1.807) is 6.33 Å². The number of fused-ring (bicyclic) bond motifs is 1. The molecule has 0 aliphatic heterocycles. The lowest BCUT2D eigenvalue weighted by Gasteiger charge is -2.13. The number of aryl methyl sites for hydroxylation is 2. The van der Waals surface area contributed by atoms with E-state index in [9.17, 15) is 5.11 Å². The van der Waals surface area contributed by atoms with Gasteiger partial charge in [0.25, 0.3) is 0 Å². The third-order valence-corrected chi connectivity index (χ3v) is 6.51. The van der Waals surface area contributed by atoms with Crippen LogP contribution < -0.4 is 0 Å². The summed E-state index contributed by atoms with van der Waals surface area (Å²) in [6, 6.07) is 11.8. The van der Waals surface area contributed by atoms with E-state index in [0.29, 0.717) is 17.3 Å². The quantitative estimate of drug-likeness (QED) is 0.419. The molecule has 0 saturated carbocycles. The Morgan fingerprint density at radius 2 is 1.93 bits per heavy atom. The average Bonchev–Trinajstić information content (AvgIpc) is 3.31. The molecule has 0 fully saturated rings. The number of benzene rings is 2. The topological polar surface area (TPSA) is 68.8 Å². The lowest BCUT2D eigenvalue weighted by molar-refractivity contribution is 0.179. The van der Waals surface area contributed by atoms with Crippen LogP contribution in [0, 0.1) is 13.8 Å². The third kappa shape index (κ3) is 4.24. The zero-order valence-electron chi connectivity index (χ0n) is 17.2. The number of aliphatic hydroxyl groups is 1. The van der Waals surface area contributed by atoms with Gasteiger partial charge in [-0.15, -0.1) is 10.2 Å². The first-order valence-electron chi connectivity index (χ1n) is 9.88. The SMILES string of the molecule is CCn1c(SCC(O)Cn2cnc3cc(C)c(C)cc32)nnc1-c1cccc(Cl)c1. The predicted molar refractivity (Wildman–Crippen MR) is 122 cm³/mol. The van der Waals surface area contributed by atoms with Crippen molar-refractivity contribution in [2.45, 2.75) is 45.1 Å². The Labute approximate surface area is 184 Å². The van der Waals surface area contributed by atoms with Crippen LogP contribution in [0.1, 0.15) is 18.1 Å². The van der Waals surface area contributed by atoms with E-state index in [1.165, 1.54) is 22.9 Å². The number of aliphatic hydroxyl groups excluding tert-OH is 1. The molecule has 8 heteroatoms. The van der Waals surface area contributed by atoms with Crippen molar-refractivity contribution in [1.82, 2.24) is 24.3 Å². The van der Waals surface area contributed by atoms with Crippen molar-refractivity contribution in [2.75, 3.05) is 5.75 Å². The first-order chi connectivity index (χ1) is 14.5. The van der Waals surface area contributed by atoms with Crippen molar-refractivity contribution in [3.8, 4) is 11.4 Å². The highest BCUT2D eigenvalue weighted by Gasteiger charge is 2.16. The van der Waals surface area contributed by atoms with Crippen molar-refractivity contribution in [3.05, 3.63) is 58.9 Å². The molecule has 2 aromatic carbocycles. The van der Waals surface area contributed by atoms with Crippen molar-refractivity contribution < 1.29 is 5.11 Å². The molecule has 0 amide bonds. The summed E-state index contributed by atoms with van der Waals surface area (Å²) in [5.41, 5.74) is 5.37. The number of imidazole rings is 1. The van der Waals surface area contributed by atoms with Gasteiger partial charge < -0.3 is 14.2 Å². The average molecular weight is 442 g/mol. The summed E-state index contributed by atoms with van der Waals surface area (Å²) in [5, 5.41) is 20.8. The van der Waals surface area contributed by atoms with Crippen LogP contribution in [-0.4, -0.2) is 41.3 Å². The molecule has 0 bridgehead atoms. The summed E-state index contributed by atoms with van der Waals surface area (Å²) in [6.45, 7) is 7.44. The summed E-state index contributed by atoms with van der Waals surface area (Å²) in [4.78, 5) is 4.47. The molecule has 0 aliphatic rings. The molecule has 0 saturated heterocycles. The van der Waals surface area contributed by atoms with E-state index in [2.05, 4.69) is 48.1 Å². The molecule has 0 radical (unpaired) electrons. The van der Waals surface area contributed by atoms with Crippen molar-refractivity contribution in [3.63, 3.8) is 0 Å². The fraction of sp³-hybridized carbons (Fsp3) is 0.318. The van der Waals surface area contributed by atoms with Crippen LogP contribution >= 0.6 is 23.4 Å². The molecule has 0 aliphatic carbocycles. The van der Waals surface area contributed by atoms with Gasteiger partial charge in [0, 0.05) is 22.9 Å². The smallest absolute Gasteiger partial charge is 0.191 e. The molecular formula is C22H24ClN5OS. The number of thioether (sulfide) groups is 1. The molecule has 1 atom stereocenters. The van der Waals surface area contributed by atoms with Crippen molar-refractivity contribution in [1.29, 1.82) is 0 Å². The highest BCUT2D eigenvalue weighted by atomic mass is 35.5. The second kappa shape index (κ2) is 8.79. The first-order valence-corrected chi connectivity index (χ1v) is 11.2. The van der Waals surface area contributed by atoms with Gasteiger partial charge in [-0.3, -0.25) is 0 Å². The van der Waals surface area contributed by atoms with Gasteiger partial charge in [0.05, 0.1) is 30.0 Å². The molecule has 1 unspecified atom stereocenters. The van der Waals surface area contributed by atoms with E-state index in [4.69, 9.17) is 11.6 Å². The Balaban J connectivity index is 1.47. The van der Waals surface area contributed by atoms with E-state index in [-0.39, 0.29) is 0 Å². The molecular weight excluding hydrogens is 418 g/mol. The van der Waals surface area contributed by atoms with Crippen molar-refractivity contribution >= 4 is 34.4 Å². The minimum Gasteiger partial charge on any atom is -0.390 e. The first kappa shape index (κ1) is 20.9. The van der Waals surface area contributed by atoms with Crippen LogP contribution in [0.15, 0.2) is 47.9 Å². The van der Waals surface area contributed by atoms with Crippen LogP contribution in [0.2, 0.25) is 5.02 Å². The monoisotopic (exact) mass is 441 g/mol. The van der Waals surface area contributed by atoms with E-state index in [0.717, 1.165) is 34.1 Å². The maximum absolute atomic E-state index is 10.6. The third-order valence-electron chi connectivity index (χ3n) is 5.16. The zero-order chi connectivity index (χ0) is 21.3. The number of hydrogen-bond donors (Lipinski definition) is 1. The molecule has 4 aromatic rings. The molecule has 156 valence electrons.